The first kappa shape index (κ1) is 12.7. The molecular formula is C15H20N2OS. The molecule has 0 bridgehead atoms. The summed E-state index contributed by atoms with van der Waals surface area (Å²) in [4.78, 5) is 3.30. The molecule has 1 aliphatic carbocycles. The molecule has 102 valence electrons. The van der Waals surface area contributed by atoms with Crippen LogP contribution in [0.3, 0.4) is 0 Å². The van der Waals surface area contributed by atoms with Crippen LogP contribution in [-0.2, 0) is 6.54 Å². The van der Waals surface area contributed by atoms with Crippen LogP contribution in [0.1, 0.15) is 32.6 Å². The van der Waals surface area contributed by atoms with Gasteiger partial charge in [0.05, 0.1) is 12.1 Å². The predicted octanol–water partition coefficient (Wildman–Crippen LogP) is 4.29. The maximum atomic E-state index is 5.78. The van der Waals surface area contributed by atoms with Gasteiger partial charge in [-0.25, -0.2) is 0 Å². The van der Waals surface area contributed by atoms with Gasteiger partial charge in [-0.05, 0) is 43.1 Å². The van der Waals surface area contributed by atoms with Gasteiger partial charge < -0.3 is 14.3 Å². The maximum absolute atomic E-state index is 5.78. The van der Waals surface area contributed by atoms with E-state index >= 15 is 0 Å². The summed E-state index contributed by atoms with van der Waals surface area (Å²) in [6.45, 7) is 3.87. The number of para-hydroxylation sites is 1. The number of ether oxygens (including phenoxy) is 1. The van der Waals surface area contributed by atoms with Gasteiger partial charge in [-0.1, -0.05) is 25.8 Å². The van der Waals surface area contributed by atoms with Gasteiger partial charge in [0, 0.05) is 6.54 Å². The van der Waals surface area contributed by atoms with Crippen LogP contribution in [0.4, 0.5) is 0 Å². The van der Waals surface area contributed by atoms with Crippen LogP contribution in [0, 0.1) is 10.7 Å². The van der Waals surface area contributed by atoms with Crippen LogP contribution in [0.5, 0.6) is 5.75 Å². The minimum atomic E-state index is 0.743. The van der Waals surface area contributed by atoms with Crippen LogP contribution in [0.25, 0.3) is 11.0 Å². The standard InChI is InChI=1S/C15H20N2OS/c1-2-10-18-13-5-3-4-12-14(13)16-15(19)17(12)9-8-11-6-7-11/h3-5,11H,2,6-10H2,1H3,(H,16,19). The number of imidazole rings is 1. The third-order valence-corrected chi connectivity index (χ3v) is 4.01. The Bertz CT molecular complexity index is 625. The summed E-state index contributed by atoms with van der Waals surface area (Å²) in [6.07, 6.45) is 5.03. The van der Waals surface area contributed by atoms with E-state index in [-0.39, 0.29) is 0 Å². The first-order valence-corrected chi connectivity index (χ1v) is 7.54. The lowest BCUT2D eigenvalue weighted by Gasteiger charge is -2.07. The number of nitrogens with zero attached hydrogens (tertiary/aromatic N) is 1. The van der Waals surface area contributed by atoms with Gasteiger partial charge in [0.25, 0.3) is 0 Å². The van der Waals surface area contributed by atoms with Crippen molar-refractivity contribution in [2.75, 3.05) is 6.61 Å². The molecule has 1 heterocycles. The average molecular weight is 276 g/mol. The normalized spacial score (nSPS) is 15.0. The van der Waals surface area contributed by atoms with Crippen molar-refractivity contribution in [1.82, 2.24) is 9.55 Å². The summed E-state index contributed by atoms with van der Waals surface area (Å²) in [5.74, 6) is 1.84. The fourth-order valence-corrected chi connectivity index (χ4v) is 2.72. The molecule has 1 fully saturated rings. The second-order valence-corrected chi connectivity index (χ2v) is 5.70. The summed E-state index contributed by atoms with van der Waals surface area (Å²) < 4.78 is 8.80. The Balaban J connectivity index is 1.93. The molecule has 0 radical (unpaired) electrons. The fourth-order valence-electron chi connectivity index (χ4n) is 2.43. The summed E-state index contributed by atoms with van der Waals surface area (Å²) >= 11 is 5.45. The number of aryl methyl sites for hydroxylation is 1. The molecular weight excluding hydrogens is 256 g/mol. The summed E-state index contributed by atoms with van der Waals surface area (Å²) in [5.41, 5.74) is 2.20. The zero-order chi connectivity index (χ0) is 13.2. The molecule has 0 unspecified atom stereocenters. The van der Waals surface area contributed by atoms with Crippen molar-refractivity contribution >= 4 is 23.3 Å². The number of benzene rings is 1. The molecule has 1 N–H and O–H groups in total. The number of aromatic nitrogens is 2. The second kappa shape index (κ2) is 5.37. The minimum Gasteiger partial charge on any atom is -0.491 e. The smallest absolute Gasteiger partial charge is 0.178 e. The van der Waals surface area contributed by atoms with Crippen molar-refractivity contribution in [3.05, 3.63) is 23.0 Å². The first-order chi connectivity index (χ1) is 9.29. The number of fused-ring (bicyclic) bond motifs is 1. The quantitative estimate of drug-likeness (QED) is 0.798. The SMILES string of the molecule is CCCOc1cccc2c1[nH]c(=S)n2CCC1CC1. The first-order valence-electron chi connectivity index (χ1n) is 7.14. The highest BCUT2D eigenvalue weighted by Crippen LogP contribution is 2.33. The van der Waals surface area contributed by atoms with Gasteiger partial charge in [0.15, 0.2) is 4.77 Å². The molecule has 1 aliphatic rings. The van der Waals surface area contributed by atoms with Gasteiger partial charge in [-0.2, -0.15) is 0 Å². The van der Waals surface area contributed by atoms with Crippen LogP contribution in [0.2, 0.25) is 0 Å². The van der Waals surface area contributed by atoms with E-state index in [4.69, 9.17) is 17.0 Å². The number of aromatic amines is 1. The Morgan fingerprint density at radius 3 is 3.00 bits per heavy atom. The molecule has 0 spiro atoms. The molecule has 1 saturated carbocycles. The summed E-state index contributed by atoms with van der Waals surface area (Å²) in [7, 11) is 0. The Labute approximate surface area is 118 Å². The topological polar surface area (TPSA) is 29.9 Å². The highest BCUT2D eigenvalue weighted by molar-refractivity contribution is 7.71. The molecule has 3 nitrogen and oxygen atoms in total. The molecule has 0 aliphatic heterocycles. The Hall–Kier alpha value is -1.29. The van der Waals surface area contributed by atoms with Crippen molar-refractivity contribution < 1.29 is 4.74 Å². The van der Waals surface area contributed by atoms with Crippen LogP contribution >= 0.6 is 12.2 Å². The maximum Gasteiger partial charge on any atom is 0.178 e. The highest BCUT2D eigenvalue weighted by Gasteiger charge is 2.21. The molecule has 0 saturated heterocycles. The number of rotatable bonds is 6. The molecule has 3 rings (SSSR count). The zero-order valence-corrected chi connectivity index (χ0v) is 12.1. The van der Waals surface area contributed by atoms with Crippen LogP contribution in [-0.4, -0.2) is 16.2 Å². The van der Waals surface area contributed by atoms with Gasteiger partial charge in [-0.15, -0.1) is 0 Å². The van der Waals surface area contributed by atoms with E-state index < -0.39 is 0 Å². The Kier molecular flexibility index (Phi) is 3.60. The Morgan fingerprint density at radius 1 is 1.42 bits per heavy atom. The van der Waals surface area contributed by atoms with E-state index in [1.165, 1.54) is 24.8 Å². The van der Waals surface area contributed by atoms with E-state index in [1.807, 2.05) is 12.1 Å². The van der Waals surface area contributed by atoms with E-state index in [9.17, 15) is 0 Å². The van der Waals surface area contributed by atoms with Gasteiger partial charge >= 0.3 is 0 Å². The third-order valence-electron chi connectivity index (χ3n) is 3.69. The molecule has 4 heteroatoms. The van der Waals surface area contributed by atoms with Crippen molar-refractivity contribution in [1.29, 1.82) is 0 Å². The van der Waals surface area contributed by atoms with Crippen molar-refractivity contribution in [3.8, 4) is 5.75 Å². The summed E-state index contributed by atoms with van der Waals surface area (Å²) in [5, 5.41) is 0. The predicted molar refractivity (Wildman–Crippen MR) is 80.2 cm³/mol. The lowest BCUT2D eigenvalue weighted by Crippen LogP contribution is -1.99. The van der Waals surface area contributed by atoms with Gasteiger partial charge in [-0.3, -0.25) is 0 Å². The molecule has 0 amide bonds. The number of hydrogen-bond donors (Lipinski definition) is 1. The fraction of sp³-hybridized carbons (Fsp3) is 0.533. The van der Waals surface area contributed by atoms with E-state index in [2.05, 4.69) is 22.5 Å². The number of nitrogens with one attached hydrogen (secondary N) is 1. The summed E-state index contributed by atoms with van der Waals surface area (Å²) in [6, 6.07) is 6.17. The zero-order valence-electron chi connectivity index (χ0n) is 11.3. The van der Waals surface area contributed by atoms with E-state index in [0.717, 1.165) is 41.5 Å². The lowest BCUT2D eigenvalue weighted by atomic mass is 10.2. The van der Waals surface area contributed by atoms with Crippen molar-refractivity contribution in [2.24, 2.45) is 5.92 Å². The molecule has 0 atom stereocenters. The monoisotopic (exact) mass is 276 g/mol. The largest absolute Gasteiger partial charge is 0.491 e. The lowest BCUT2D eigenvalue weighted by molar-refractivity contribution is 0.320. The molecule has 1 aromatic heterocycles. The highest BCUT2D eigenvalue weighted by atomic mass is 32.1. The minimum absolute atomic E-state index is 0.743. The number of hydrogen-bond acceptors (Lipinski definition) is 2. The molecule has 19 heavy (non-hydrogen) atoms. The molecule has 2 aromatic rings. The van der Waals surface area contributed by atoms with E-state index in [1.54, 1.807) is 0 Å². The van der Waals surface area contributed by atoms with E-state index in [0.29, 0.717) is 0 Å². The number of H-pyrrole nitrogens is 1. The van der Waals surface area contributed by atoms with Crippen LogP contribution < -0.4 is 4.74 Å². The van der Waals surface area contributed by atoms with Gasteiger partial charge in [0.2, 0.25) is 0 Å². The van der Waals surface area contributed by atoms with Gasteiger partial charge in [0.1, 0.15) is 11.3 Å². The second-order valence-electron chi connectivity index (χ2n) is 5.31. The van der Waals surface area contributed by atoms with Crippen molar-refractivity contribution in [2.45, 2.75) is 39.2 Å². The van der Waals surface area contributed by atoms with Crippen LogP contribution in [0.15, 0.2) is 18.2 Å². The Morgan fingerprint density at radius 2 is 2.26 bits per heavy atom. The van der Waals surface area contributed by atoms with Crippen molar-refractivity contribution in [3.63, 3.8) is 0 Å². The third kappa shape index (κ3) is 2.68. The molecule has 1 aromatic carbocycles. The average Bonchev–Trinajstić information content (AvgIpc) is 3.18.